The predicted octanol–water partition coefficient (Wildman–Crippen LogP) is 1.29. The predicted molar refractivity (Wildman–Crippen MR) is 99.8 cm³/mol. The van der Waals surface area contributed by atoms with E-state index in [-0.39, 0.29) is 17.7 Å². The zero-order valence-electron chi connectivity index (χ0n) is 15.7. The largest absolute Gasteiger partial charge is 0.481 e. The molecule has 2 heterocycles. The van der Waals surface area contributed by atoms with E-state index < -0.39 is 5.97 Å². The number of piperazine rings is 1. The first-order chi connectivity index (χ1) is 12.4. The lowest BCUT2D eigenvalue weighted by Gasteiger charge is -2.35. The number of nitrogens with zero attached hydrogens (tertiary/aromatic N) is 3. The molecule has 142 valence electrons. The van der Waals surface area contributed by atoms with Crippen molar-refractivity contribution in [3.63, 3.8) is 0 Å². The second-order valence-corrected chi connectivity index (χ2v) is 7.76. The van der Waals surface area contributed by atoms with Crippen molar-refractivity contribution in [2.75, 3.05) is 45.8 Å². The number of hydrogen-bond acceptors (Lipinski definition) is 4. The number of carboxylic acids is 1. The molecule has 1 aromatic rings. The Morgan fingerprint density at radius 2 is 1.85 bits per heavy atom. The highest BCUT2D eigenvalue weighted by atomic mass is 16.4. The summed E-state index contributed by atoms with van der Waals surface area (Å²) < 4.78 is 0. The lowest BCUT2D eigenvalue weighted by molar-refractivity contribution is -0.142. The van der Waals surface area contributed by atoms with Crippen molar-refractivity contribution in [2.45, 2.75) is 20.4 Å². The monoisotopic (exact) mass is 359 g/mol. The average Bonchev–Trinajstić information content (AvgIpc) is 2.96. The molecule has 2 atom stereocenters. The van der Waals surface area contributed by atoms with Gasteiger partial charge < -0.3 is 10.0 Å². The van der Waals surface area contributed by atoms with E-state index in [9.17, 15) is 14.7 Å². The van der Waals surface area contributed by atoms with Crippen LogP contribution >= 0.6 is 0 Å². The molecule has 0 unspecified atom stereocenters. The zero-order valence-corrected chi connectivity index (χ0v) is 15.7. The molecule has 2 aliphatic heterocycles. The maximum atomic E-state index is 12.6. The van der Waals surface area contributed by atoms with Crippen LogP contribution in [0.4, 0.5) is 0 Å². The molecule has 6 heteroatoms. The van der Waals surface area contributed by atoms with Crippen molar-refractivity contribution in [1.29, 1.82) is 0 Å². The number of likely N-dealkylation sites (tertiary alicyclic amines) is 1. The highest BCUT2D eigenvalue weighted by Crippen LogP contribution is 2.23. The van der Waals surface area contributed by atoms with Crippen LogP contribution in [-0.2, 0) is 16.1 Å². The second-order valence-electron chi connectivity index (χ2n) is 7.76. The molecule has 0 bridgehead atoms. The maximum absolute atomic E-state index is 12.6. The van der Waals surface area contributed by atoms with E-state index in [1.807, 2.05) is 16.7 Å². The van der Waals surface area contributed by atoms with E-state index in [0.29, 0.717) is 19.6 Å². The van der Waals surface area contributed by atoms with Gasteiger partial charge in [-0.3, -0.25) is 19.4 Å². The van der Waals surface area contributed by atoms with Crippen LogP contribution < -0.4 is 0 Å². The lowest BCUT2D eigenvalue weighted by Crippen LogP contribution is -2.50. The third-order valence-corrected chi connectivity index (χ3v) is 5.58. The number of amides is 1. The van der Waals surface area contributed by atoms with Crippen LogP contribution in [0.25, 0.3) is 0 Å². The van der Waals surface area contributed by atoms with Crippen LogP contribution in [0.5, 0.6) is 0 Å². The molecule has 6 nitrogen and oxygen atoms in total. The fourth-order valence-corrected chi connectivity index (χ4v) is 4.03. The SMILES string of the molecule is Cc1cccc(CN2CCN(C(=O)CN3C[C@@H](C)[C@H](C(=O)O)C3)CC2)c1. The van der Waals surface area contributed by atoms with Gasteiger partial charge in [0.2, 0.25) is 5.91 Å². The molecular weight excluding hydrogens is 330 g/mol. The van der Waals surface area contributed by atoms with Gasteiger partial charge in [-0.25, -0.2) is 0 Å². The number of carbonyl (C=O) groups excluding carboxylic acids is 1. The van der Waals surface area contributed by atoms with E-state index in [2.05, 4.69) is 36.1 Å². The summed E-state index contributed by atoms with van der Waals surface area (Å²) in [5.74, 6) is -0.879. The number of aliphatic carboxylic acids is 1. The van der Waals surface area contributed by atoms with E-state index in [4.69, 9.17) is 0 Å². The molecule has 2 fully saturated rings. The van der Waals surface area contributed by atoms with E-state index >= 15 is 0 Å². The van der Waals surface area contributed by atoms with Gasteiger partial charge in [0.15, 0.2) is 0 Å². The Bertz CT molecular complexity index is 655. The van der Waals surface area contributed by atoms with Gasteiger partial charge in [0.1, 0.15) is 0 Å². The molecule has 26 heavy (non-hydrogen) atoms. The number of aryl methyl sites for hydroxylation is 1. The first-order valence-electron chi connectivity index (χ1n) is 9.43. The first-order valence-corrected chi connectivity index (χ1v) is 9.43. The first kappa shape index (κ1) is 18.9. The summed E-state index contributed by atoms with van der Waals surface area (Å²) in [7, 11) is 0. The fourth-order valence-electron chi connectivity index (χ4n) is 4.03. The van der Waals surface area contributed by atoms with E-state index in [1.54, 1.807) is 0 Å². The number of carboxylic acid groups (broad SMARTS) is 1. The Kier molecular flexibility index (Phi) is 5.94. The molecule has 0 saturated carbocycles. The van der Waals surface area contributed by atoms with Gasteiger partial charge in [-0.05, 0) is 18.4 Å². The van der Waals surface area contributed by atoms with Crippen molar-refractivity contribution in [1.82, 2.24) is 14.7 Å². The molecule has 0 aromatic heterocycles. The van der Waals surface area contributed by atoms with Crippen molar-refractivity contribution in [3.8, 4) is 0 Å². The van der Waals surface area contributed by atoms with Crippen molar-refractivity contribution in [2.24, 2.45) is 11.8 Å². The smallest absolute Gasteiger partial charge is 0.308 e. The van der Waals surface area contributed by atoms with Gasteiger partial charge >= 0.3 is 5.97 Å². The van der Waals surface area contributed by atoms with E-state index in [1.165, 1.54) is 11.1 Å². The summed E-state index contributed by atoms with van der Waals surface area (Å²) in [6.07, 6.45) is 0. The maximum Gasteiger partial charge on any atom is 0.308 e. The quantitative estimate of drug-likeness (QED) is 0.858. The Morgan fingerprint density at radius 1 is 1.12 bits per heavy atom. The zero-order chi connectivity index (χ0) is 18.7. The summed E-state index contributed by atoms with van der Waals surface area (Å²) >= 11 is 0. The van der Waals surface area contributed by atoms with Crippen LogP contribution in [-0.4, -0.2) is 77.5 Å². The Balaban J connectivity index is 1.44. The Hall–Kier alpha value is -1.92. The summed E-state index contributed by atoms with van der Waals surface area (Å²) in [6, 6.07) is 8.56. The van der Waals surface area contributed by atoms with Crippen molar-refractivity contribution in [3.05, 3.63) is 35.4 Å². The van der Waals surface area contributed by atoms with Crippen LogP contribution in [0.15, 0.2) is 24.3 Å². The molecule has 1 amide bonds. The van der Waals surface area contributed by atoms with Gasteiger partial charge in [0.05, 0.1) is 12.5 Å². The fraction of sp³-hybridized carbons (Fsp3) is 0.600. The highest BCUT2D eigenvalue weighted by molar-refractivity contribution is 5.78. The summed E-state index contributed by atoms with van der Waals surface area (Å²) in [6.45, 7) is 9.75. The minimum atomic E-state index is -0.753. The number of carbonyl (C=O) groups is 2. The van der Waals surface area contributed by atoms with E-state index in [0.717, 1.165) is 32.7 Å². The van der Waals surface area contributed by atoms with Gasteiger partial charge in [-0.1, -0.05) is 36.8 Å². The summed E-state index contributed by atoms with van der Waals surface area (Å²) in [4.78, 5) is 30.1. The normalized spacial score (nSPS) is 24.8. The molecule has 0 radical (unpaired) electrons. The molecule has 2 saturated heterocycles. The van der Waals surface area contributed by atoms with Gasteiger partial charge in [0.25, 0.3) is 0 Å². The third kappa shape index (κ3) is 4.62. The topological polar surface area (TPSA) is 64.1 Å². The minimum absolute atomic E-state index is 0.103. The average molecular weight is 359 g/mol. The molecule has 1 aromatic carbocycles. The second kappa shape index (κ2) is 8.18. The highest BCUT2D eigenvalue weighted by Gasteiger charge is 2.36. The molecule has 0 spiro atoms. The summed E-state index contributed by atoms with van der Waals surface area (Å²) in [5, 5.41) is 9.22. The summed E-state index contributed by atoms with van der Waals surface area (Å²) in [5.41, 5.74) is 2.59. The minimum Gasteiger partial charge on any atom is -0.481 e. The van der Waals surface area contributed by atoms with Crippen LogP contribution in [0.2, 0.25) is 0 Å². The number of rotatable bonds is 5. The van der Waals surface area contributed by atoms with Crippen LogP contribution in [0, 0.1) is 18.8 Å². The standard InChI is InChI=1S/C20H29N3O3/c1-15-4-3-5-17(10-15)12-21-6-8-23(9-7-21)19(24)14-22-11-16(2)18(13-22)20(25)26/h3-5,10,16,18H,6-9,11-14H2,1-2H3,(H,25,26)/t16-,18-/m1/s1. The van der Waals surface area contributed by atoms with Gasteiger partial charge in [-0.2, -0.15) is 0 Å². The van der Waals surface area contributed by atoms with Gasteiger partial charge in [0, 0.05) is 45.8 Å². The molecule has 1 N–H and O–H groups in total. The Labute approximate surface area is 155 Å². The molecular formula is C20H29N3O3. The molecule has 3 rings (SSSR count). The number of hydrogen-bond donors (Lipinski definition) is 1. The van der Waals surface area contributed by atoms with Crippen LogP contribution in [0.1, 0.15) is 18.1 Å². The third-order valence-electron chi connectivity index (χ3n) is 5.58. The Morgan fingerprint density at radius 3 is 2.46 bits per heavy atom. The van der Waals surface area contributed by atoms with Gasteiger partial charge in [-0.15, -0.1) is 0 Å². The molecule has 0 aliphatic carbocycles. The molecule has 2 aliphatic rings. The van der Waals surface area contributed by atoms with Crippen molar-refractivity contribution < 1.29 is 14.7 Å². The van der Waals surface area contributed by atoms with Crippen LogP contribution in [0.3, 0.4) is 0 Å². The van der Waals surface area contributed by atoms with Crippen molar-refractivity contribution >= 4 is 11.9 Å². The number of benzene rings is 1. The lowest BCUT2D eigenvalue weighted by atomic mass is 9.99.